The summed E-state index contributed by atoms with van der Waals surface area (Å²) in [6.45, 7) is 1.85. The first-order valence-corrected chi connectivity index (χ1v) is 9.51. The molecule has 30 heavy (non-hydrogen) atoms. The van der Waals surface area contributed by atoms with Crippen LogP contribution in [0.25, 0.3) is 11.2 Å². The summed E-state index contributed by atoms with van der Waals surface area (Å²) in [5.74, 6) is 0.437. The Morgan fingerprint density at radius 2 is 2.00 bits per heavy atom. The molecule has 0 bridgehead atoms. The van der Waals surface area contributed by atoms with E-state index in [-0.39, 0.29) is 5.56 Å². The first kappa shape index (κ1) is 19.7. The highest BCUT2D eigenvalue weighted by atomic mass is 35.5. The Balaban J connectivity index is 1.89. The van der Waals surface area contributed by atoms with Gasteiger partial charge in [0.05, 0.1) is 22.4 Å². The lowest BCUT2D eigenvalue weighted by molar-refractivity contribution is 0.625. The van der Waals surface area contributed by atoms with E-state index < -0.39 is 11.9 Å². The summed E-state index contributed by atoms with van der Waals surface area (Å²) in [7, 11) is 1.71. The van der Waals surface area contributed by atoms with Gasteiger partial charge in [0, 0.05) is 19.4 Å². The predicted molar refractivity (Wildman–Crippen MR) is 116 cm³/mol. The second kappa shape index (κ2) is 7.68. The number of rotatable bonds is 5. The van der Waals surface area contributed by atoms with Crippen LogP contribution < -0.4 is 21.9 Å². The summed E-state index contributed by atoms with van der Waals surface area (Å²) in [6.07, 6.45) is 4.84. The Morgan fingerprint density at radius 3 is 2.73 bits per heavy atom. The van der Waals surface area contributed by atoms with Crippen molar-refractivity contribution in [3.8, 4) is 5.69 Å². The fourth-order valence-electron chi connectivity index (χ4n) is 3.34. The van der Waals surface area contributed by atoms with E-state index in [1.165, 1.54) is 23.0 Å². The number of nitrogens with one attached hydrogen (secondary N) is 2. The van der Waals surface area contributed by atoms with Crippen LogP contribution in [0, 0.1) is 5.82 Å². The van der Waals surface area contributed by atoms with Crippen LogP contribution in [0.5, 0.6) is 0 Å². The van der Waals surface area contributed by atoms with Crippen molar-refractivity contribution in [2.75, 3.05) is 23.4 Å². The molecule has 154 valence electrons. The van der Waals surface area contributed by atoms with Crippen LogP contribution in [0.4, 0.5) is 21.7 Å². The summed E-state index contributed by atoms with van der Waals surface area (Å²) in [4.78, 5) is 21.6. The van der Waals surface area contributed by atoms with E-state index in [1.54, 1.807) is 42.0 Å². The molecule has 0 fully saturated rings. The van der Waals surface area contributed by atoms with Crippen molar-refractivity contribution in [3.63, 3.8) is 0 Å². The number of nitrogens with zero attached hydrogens (tertiary/aromatic N) is 4. The third-order valence-corrected chi connectivity index (χ3v) is 5.09. The zero-order chi connectivity index (χ0) is 21.4. The molecule has 1 unspecified atom stereocenters. The molecular formula is C20H19ClFN7O. The molecule has 0 spiro atoms. The number of hydrogen-bond donors (Lipinski definition) is 3. The molecule has 0 radical (unpaired) electrons. The van der Waals surface area contributed by atoms with Gasteiger partial charge in [0.25, 0.3) is 5.56 Å². The highest BCUT2D eigenvalue weighted by Crippen LogP contribution is 2.28. The van der Waals surface area contributed by atoms with E-state index in [4.69, 9.17) is 17.3 Å². The summed E-state index contributed by atoms with van der Waals surface area (Å²) in [5, 5.41) is 6.42. The quantitative estimate of drug-likeness (QED) is 0.450. The molecule has 0 aliphatic rings. The van der Waals surface area contributed by atoms with Crippen LogP contribution in [0.15, 0.2) is 53.8 Å². The molecule has 8 nitrogen and oxygen atoms in total. The molecule has 0 saturated carbocycles. The number of nitrogen functional groups attached to an aromatic ring is 1. The zero-order valence-electron chi connectivity index (χ0n) is 16.2. The Morgan fingerprint density at radius 1 is 1.23 bits per heavy atom. The average Bonchev–Trinajstić information content (AvgIpc) is 3.10. The van der Waals surface area contributed by atoms with E-state index >= 15 is 0 Å². The van der Waals surface area contributed by atoms with E-state index in [0.717, 1.165) is 0 Å². The minimum atomic E-state index is -0.453. The fourth-order valence-corrected chi connectivity index (χ4v) is 3.58. The molecule has 3 aromatic heterocycles. The zero-order valence-corrected chi connectivity index (χ0v) is 17.0. The van der Waals surface area contributed by atoms with Gasteiger partial charge in [-0.25, -0.2) is 14.4 Å². The average molecular weight is 428 g/mol. The lowest BCUT2D eigenvalue weighted by atomic mass is 10.2. The van der Waals surface area contributed by atoms with E-state index in [2.05, 4.69) is 20.6 Å². The largest absolute Gasteiger partial charge is 0.393 e. The normalized spacial score (nSPS) is 12.1. The highest BCUT2D eigenvalue weighted by molar-refractivity contribution is 6.33. The first-order chi connectivity index (χ1) is 14.4. The monoisotopic (exact) mass is 427 g/mol. The highest BCUT2D eigenvalue weighted by Gasteiger charge is 2.20. The van der Waals surface area contributed by atoms with E-state index in [0.29, 0.717) is 39.2 Å². The van der Waals surface area contributed by atoms with Crippen molar-refractivity contribution < 1.29 is 4.39 Å². The summed E-state index contributed by atoms with van der Waals surface area (Å²) >= 11 is 6.22. The fraction of sp³-hybridized carbons (Fsp3) is 0.150. The molecule has 0 aliphatic heterocycles. The number of nitrogens with two attached hydrogens (primary N) is 1. The molecule has 0 saturated heterocycles. The lowest BCUT2D eigenvalue weighted by Crippen LogP contribution is -2.27. The minimum Gasteiger partial charge on any atom is -0.393 e. The minimum absolute atomic E-state index is 0.302. The molecule has 3 heterocycles. The SMILES string of the molecule is CNc1ncnc(NC(C)c2cn3ccc(Cl)c3c(=O)n2-c2cccc(F)c2)c1N. The second-order valence-electron chi connectivity index (χ2n) is 6.69. The number of anilines is 3. The maximum absolute atomic E-state index is 13.9. The van der Waals surface area contributed by atoms with Gasteiger partial charge in [0.2, 0.25) is 0 Å². The maximum Gasteiger partial charge on any atom is 0.281 e. The Bertz CT molecular complexity index is 1300. The van der Waals surface area contributed by atoms with Crippen molar-refractivity contribution in [1.29, 1.82) is 0 Å². The van der Waals surface area contributed by atoms with Crippen LogP contribution in [0.3, 0.4) is 0 Å². The van der Waals surface area contributed by atoms with Crippen molar-refractivity contribution in [2.24, 2.45) is 0 Å². The van der Waals surface area contributed by atoms with Gasteiger partial charge < -0.3 is 20.8 Å². The van der Waals surface area contributed by atoms with Gasteiger partial charge in [0.15, 0.2) is 11.6 Å². The number of fused-ring (bicyclic) bond motifs is 1. The molecule has 0 amide bonds. The summed E-state index contributed by atoms with van der Waals surface area (Å²) < 4.78 is 17.0. The third-order valence-electron chi connectivity index (χ3n) is 4.79. The third kappa shape index (κ3) is 3.33. The van der Waals surface area contributed by atoms with Crippen molar-refractivity contribution >= 4 is 34.4 Å². The Labute approximate surface area is 176 Å². The Kier molecular flexibility index (Phi) is 5.04. The van der Waals surface area contributed by atoms with Gasteiger partial charge in [-0.1, -0.05) is 17.7 Å². The standard InChI is InChI=1S/C20H19ClFN7O/c1-11(27-19-16(23)18(24-2)25-10-26-19)15-9-28-7-6-14(21)17(28)20(30)29(15)13-5-3-4-12(22)8-13/h3-11H,23H2,1-2H3,(H2,24,25,26,27). The predicted octanol–water partition coefficient (Wildman–Crippen LogP) is 3.47. The van der Waals surface area contributed by atoms with Gasteiger partial charge in [-0.05, 0) is 31.2 Å². The number of benzene rings is 1. The van der Waals surface area contributed by atoms with Crippen molar-refractivity contribution in [1.82, 2.24) is 18.9 Å². The van der Waals surface area contributed by atoms with Crippen LogP contribution >= 0.6 is 11.6 Å². The number of aromatic nitrogens is 4. The van der Waals surface area contributed by atoms with Gasteiger partial charge in [0.1, 0.15) is 23.3 Å². The molecule has 1 aromatic carbocycles. The smallest absolute Gasteiger partial charge is 0.281 e. The summed E-state index contributed by atoms with van der Waals surface area (Å²) in [6, 6.07) is 7.03. The van der Waals surface area contributed by atoms with Crippen LogP contribution in [0.2, 0.25) is 5.02 Å². The Hall–Kier alpha value is -3.59. The molecule has 4 aromatic rings. The molecular weight excluding hydrogens is 409 g/mol. The van der Waals surface area contributed by atoms with Crippen LogP contribution in [-0.4, -0.2) is 26.0 Å². The molecule has 4 rings (SSSR count). The van der Waals surface area contributed by atoms with Gasteiger partial charge in [-0.3, -0.25) is 9.36 Å². The van der Waals surface area contributed by atoms with Crippen molar-refractivity contribution in [3.05, 3.63) is 75.9 Å². The molecule has 10 heteroatoms. The molecule has 4 N–H and O–H groups in total. The van der Waals surface area contributed by atoms with Crippen molar-refractivity contribution in [2.45, 2.75) is 13.0 Å². The van der Waals surface area contributed by atoms with E-state index in [9.17, 15) is 9.18 Å². The second-order valence-corrected chi connectivity index (χ2v) is 7.10. The first-order valence-electron chi connectivity index (χ1n) is 9.13. The van der Waals surface area contributed by atoms with Crippen LogP contribution in [-0.2, 0) is 0 Å². The number of hydrogen-bond acceptors (Lipinski definition) is 6. The number of halogens is 2. The molecule has 0 aliphatic carbocycles. The van der Waals surface area contributed by atoms with Crippen LogP contribution in [0.1, 0.15) is 18.7 Å². The van der Waals surface area contributed by atoms with E-state index in [1.807, 2.05) is 6.92 Å². The molecule has 1 atom stereocenters. The topological polar surface area (TPSA) is 102 Å². The van der Waals surface area contributed by atoms with Gasteiger partial charge >= 0.3 is 0 Å². The maximum atomic E-state index is 13.9. The summed E-state index contributed by atoms with van der Waals surface area (Å²) in [5.41, 5.74) is 7.35. The van der Waals surface area contributed by atoms with Gasteiger partial charge in [-0.2, -0.15) is 0 Å². The van der Waals surface area contributed by atoms with Gasteiger partial charge in [-0.15, -0.1) is 0 Å². The lowest BCUT2D eigenvalue weighted by Gasteiger charge is -2.22.